The lowest BCUT2D eigenvalue weighted by Gasteiger charge is -2.35. The van der Waals surface area contributed by atoms with Crippen LogP contribution in [0.2, 0.25) is 10.0 Å². The van der Waals surface area contributed by atoms with Gasteiger partial charge in [-0.15, -0.1) is 0 Å². The zero-order chi connectivity index (χ0) is 16.1. The number of aromatic nitrogens is 1. The molecule has 0 amide bonds. The molecule has 0 radical (unpaired) electrons. The average molecular weight is 348 g/mol. The normalized spacial score (nSPS) is 16.2. The monoisotopic (exact) mass is 347 g/mol. The standard InChI is InChI=1S/C18H19Cl2N3/c19-16-13-17(20)18(21-14-16)23-11-9-22(10-12-23)8-4-7-15-5-2-1-3-6-15/h1-7,13-14H,8-12H2/b7-4+. The van der Waals surface area contributed by atoms with Gasteiger partial charge in [-0.05, 0) is 11.6 Å². The number of piperazine rings is 1. The van der Waals surface area contributed by atoms with Crippen LogP contribution < -0.4 is 4.90 Å². The summed E-state index contributed by atoms with van der Waals surface area (Å²) in [5.41, 5.74) is 1.24. The summed E-state index contributed by atoms with van der Waals surface area (Å²) in [5.74, 6) is 0.829. The van der Waals surface area contributed by atoms with Gasteiger partial charge in [0.1, 0.15) is 5.82 Å². The van der Waals surface area contributed by atoms with E-state index in [0.717, 1.165) is 38.5 Å². The van der Waals surface area contributed by atoms with Gasteiger partial charge in [0.25, 0.3) is 0 Å². The summed E-state index contributed by atoms with van der Waals surface area (Å²) in [7, 11) is 0. The third-order valence-electron chi connectivity index (χ3n) is 3.93. The van der Waals surface area contributed by atoms with Gasteiger partial charge >= 0.3 is 0 Å². The highest BCUT2D eigenvalue weighted by molar-refractivity contribution is 6.36. The zero-order valence-corrected chi connectivity index (χ0v) is 14.3. The van der Waals surface area contributed by atoms with E-state index in [1.807, 2.05) is 6.07 Å². The number of anilines is 1. The number of hydrogen-bond donors (Lipinski definition) is 0. The molecule has 0 bridgehead atoms. The van der Waals surface area contributed by atoms with Gasteiger partial charge in [0.05, 0.1) is 10.0 Å². The molecule has 3 nitrogen and oxygen atoms in total. The predicted molar refractivity (Wildman–Crippen MR) is 98.4 cm³/mol. The van der Waals surface area contributed by atoms with E-state index < -0.39 is 0 Å². The van der Waals surface area contributed by atoms with E-state index >= 15 is 0 Å². The van der Waals surface area contributed by atoms with Crippen molar-refractivity contribution in [1.29, 1.82) is 0 Å². The second kappa shape index (κ2) is 7.82. The number of benzene rings is 1. The Balaban J connectivity index is 1.51. The van der Waals surface area contributed by atoms with Crippen molar-refractivity contribution in [3.8, 4) is 0 Å². The molecule has 2 heterocycles. The first-order chi connectivity index (χ1) is 11.2. The molecule has 1 aromatic heterocycles. The van der Waals surface area contributed by atoms with E-state index in [4.69, 9.17) is 23.2 Å². The Morgan fingerprint density at radius 3 is 2.48 bits per heavy atom. The largest absolute Gasteiger partial charge is 0.353 e. The highest BCUT2D eigenvalue weighted by atomic mass is 35.5. The lowest BCUT2D eigenvalue weighted by Crippen LogP contribution is -2.46. The van der Waals surface area contributed by atoms with Crippen LogP contribution in [-0.4, -0.2) is 42.6 Å². The molecular weight excluding hydrogens is 329 g/mol. The van der Waals surface area contributed by atoms with E-state index in [2.05, 4.69) is 51.2 Å². The molecule has 120 valence electrons. The topological polar surface area (TPSA) is 19.4 Å². The minimum Gasteiger partial charge on any atom is -0.353 e. The second-order valence-electron chi connectivity index (χ2n) is 5.56. The molecule has 0 N–H and O–H groups in total. The molecule has 0 atom stereocenters. The maximum Gasteiger partial charge on any atom is 0.147 e. The summed E-state index contributed by atoms with van der Waals surface area (Å²) in [6.07, 6.45) is 6.04. The molecular formula is C18H19Cl2N3. The van der Waals surface area contributed by atoms with Gasteiger partial charge in [-0.2, -0.15) is 0 Å². The van der Waals surface area contributed by atoms with Crippen LogP contribution in [0.1, 0.15) is 5.56 Å². The van der Waals surface area contributed by atoms with Gasteiger partial charge in [-0.25, -0.2) is 4.98 Å². The van der Waals surface area contributed by atoms with E-state index in [9.17, 15) is 0 Å². The predicted octanol–water partition coefficient (Wildman–Crippen LogP) is 4.22. The van der Waals surface area contributed by atoms with Crippen LogP contribution >= 0.6 is 23.2 Å². The maximum atomic E-state index is 6.24. The Morgan fingerprint density at radius 2 is 1.78 bits per heavy atom. The fourth-order valence-electron chi connectivity index (χ4n) is 2.68. The molecule has 3 rings (SSSR count). The third-order valence-corrected chi connectivity index (χ3v) is 4.42. The van der Waals surface area contributed by atoms with Crippen molar-refractivity contribution in [2.75, 3.05) is 37.6 Å². The van der Waals surface area contributed by atoms with Crippen LogP contribution in [0.4, 0.5) is 5.82 Å². The zero-order valence-electron chi connectivity index (χ0n) is 12.8. The fourth-order valence-corrected chi connectivity index (χ4v) is 3.18. The van der Waals surface area contributed by atoms with Gasteiger partial charge in [0.2, 0.25) is 0 Å². The SMILES string of the molecule is Clc1cnc(N2CCN(C/C=C/c3ccccc3)CC2)c(Cl)c1. The van der Waals surface area contributed by atoms with E-state index in [-0.39, 0.29) is 0 Å². The van der Waals surface area contributed by atoms with Crippen LogP contribution in [0, 0.1) is 0 Å². The average Bonchev–Trinajstić information content (AvgIpc) is 2.57. The summed E-state index contributed by atoms with van der Waals surface area (Å²) in [6, 6.07) is 12.1. The number of pyridine rings is 1. The van der Waals surface area contributed by atoms with E-state index in [0.29, 0.717) is 10.0 Å². The van der Waals surface area contributed by atoms with Gasteiger partial charge in [0.15, 0.2) is 0 Å². The fraction of sp³-hybridized carbons (Fsp3) is 0.278. The lowest BCUT2D eigenvalue weighted by atomic mass is 10.2. The number of rotatable bonds is 4. The summed E-state index contributed by atoms with van der Waals surface area (Å²) >= 11 is 12.1. The van der Waals surface area contributed by atoms with Crippen LogP contribution in [-0.2, 0) is 0 Å². The molecule has 0 unspecified atom stereocenters. The number of halogens is 2. The molecule has 1 aromatic carbocycles. The molecule has 2 aromatic rings. The first-order valence-electron chi connectivity index (χ1n) is 7.72. The van der Waals surface area contributed by atoms with E-state index in [1.54, 1.807) is 12.3 Å². The summed E-state index contributed by atoms with van der Waals surface area (Å²) in [4.78, 5) is 9.01. The number of hydrogen-bond acceptors (Lipinski definition) is 3. The van der Waals surface area contributed by atoms with Gasteiger partial charge in [-0.1, -0.05) is 65.7 Å². The molecule has 23 heavy (non-hydrogen) atoms. The first kappa shape index (κ1) is 16.3. The Morgan fingerprint density at radius 1 is 1.04 bits per heavy atom. The summed E-state index contributed by atoms with van der Waals surface area (Å²) < 4.78 is 0. The summed E-state index contributed by atoms with van der Waals surface area (Å²) in [6.45, 7) is 4.81. The maximum absolute atomic E-state index is 6.24. The molecule has 5 heteroatoms. The van der Waals surface area contributed by atoms with Crippen molar-refractivity contribution in [3.63, 3.8) is 0 Å². The quantitative estimate of drug-likeness (QED) is 0.825. The van der Waals surface area contributed by atoms with Crippen molar-refractivity contribution in [3.05, 3.63) is 64.3 Å². The van der Waals surface area contributed by atoms with Gasteiger partial charge in [0, 0.05) is 38.9 Å². The highest BCUT2D eigenvalue weighted by Crippen LogP contribution is 2.26. The second-order valence-corrected chi connectivity index (χ2v) is 6.40. The van der Waals surface area contributed by atoms with Crippen LogP contribution in [0.25, 0.3) is 6.08 Å². The van der Waals surface area contributed by atoms with Gasteiger partial charge < -0.3 is 4.90 Å². The highest BCUT2D eigenvalue weighted by Gasteiger charge is 2.19. The summed E-state index contributed by atoms with van der Waals surface area (Å²) in [5, 5.41) is 1.19. The smallest absolute Gasteiger partial charge is 0.147 e. The Labute approximate surface area is 147 Å². The molecule has 1 aliphatic rings. The number of nitrogens with zero attached hydrogens (tertiary/aromatic N) is 3. The Hall–Kier alpha value is -1.55. The van der Waals surface area contributed by atoms with Crippen molar-refractivity contribution in [2.24, 2.45) is 0 Å². The van der Waals surface area contributed by atoms with Crippen LogP contribution in [0.3, 0.4) is 0 Å². The van der Waals surface area contributed by atoms with Crippen molar-refractivity contribution in [1.82, 2.24) is 9.88 Å². The molecule has 0 aliphatic carbocycles. The third kappa shape index (κ3) is 4.47. The minimum absolute atomic E-state index is 0.573. The molecule has 1 fully saturated rings. The minimum atomic E-state index is 0.573. The van der Waals surface area contributed by atoms with Crippen LogP contribution in [0.5, 0.6) is 0 Å². The van der Waals surface area contributed by atoms with Crippen molar-refractivity contribution >= 4 is 35.1 Å². The van der Waals surface area contributed by atoms with E-state index in [1.165, 1.54) is 5.56 Å². The van der Waals surface area contributed by atoms with Crippen molar-refractivity contribution < 1.29 is 0 Å². The van der Waals surface area contributed by atoms with Crippen LogP contribution in [0.15, 0.2) is 48.7 Å². The van der Waals surface area contributed by atoms with Gasteiger partial charge in [-0.3, -0.25) is 4.90 Å². The molecule has 0 spiro atoms. The lowest BCUT2D eigenvalue weighted by molar-refractivity contribution is 0.283. The molecule has 1 aliphatic heterocycles. The first-order valence-corrected chi connectivity index (χ1v) is 8.48. The molecule has 0 saturated carbocycles. The molecule has 1 saturated heterocycles. The Bertz CT molecular complexity index is 665. The Kier molecular flexibility index (Phi) is 5.55. The van der Waals surface area contributed by atoms with Crippen molar-refractivity contribution in [2.45, 2.75) is 0 Å².